The third kappa shape index (κ3) is 4.88. The number of oxazole rings is 1. The minimum absolute atomic E-state index is 0.0951. The average molecular weight is 460 g/mol. The van der Waals surface area contributed by atoms with Crippen molar-refractivity contribution in [2.24, 2.45) is 5.92 Å². The molecule has 9 nitrogen and oxygen atoms in total. The second-order valence-corrected chi connectivity index (χ2v) is 8.04. The second-order valence-electron chi connectivity index (χ2n) is 8.04. The van der Waals surface area contributed by atoms with Gasteiger partial charge in [-0.25, -0.2) is 0 Å². The minimum atomic E-state index is -0.525. The van der Waals surface area contributed by atoms with Crippen molar-refractivity contribution in [2.45, 2.75) is 19.4 Å². The van der Waals surface area contributed by atoms with E-state index in [1.165, 1.54) is 0 Å². The highest BCUT2D eigenvalue weighted by Gasteiger charge is 2.27. The zero-order chi connectivity index (χ0) is 23.3. The van der Waals surface area contributed by atoms with Crippen molar-refractivity contribution in [2.75, 3.05) is 18.0 Å². The SMILES string of the molecule is O=C(NNC(=O)C1CCN(c2nc3ccccc3o2)CC1)c1ccc(COc2ccccc2)o1. The largest absolute Gasteiger partial charge is 0.486 e. The number of ether oxygens (including phenoxy) is 1. The van der Waals surface area contributed by atoms with E-state index in [0.717, 1.165) is 11.1 Å². The topological polar surface area (TPSA) is 110 Å². The van der Waals surface area contributed by atoms with Crippen LogP contribution in [0, 0.1) is 5.92 Å². The standard InChI is InChI=1S/C25H24N4O5/c30-23(17-12-14-29(15-13-17)25-26-20-8-4-5-9-21(20)34-25)27-28-24(31)22-11-10-19(33-22)16-32-18-6-2-1-3-7-18/h1-11,17H,12-16H2,(H,27,30)(H,28,31). The summed E-state index contributed by atoms with van der Waals surface area (Å²) in [6, 6.07) is 20.7. The van der Waals surface area contributed by atoms with E-state index in [0.29, 0.717) is 43.5 Å². The van der Waals surface area contributed by atoms with Gasteiger partial charge >= 0.3 is 5.91 Å². The Bertz CT molecular complexity index is 1240. The number of rotatable bonds is 6. The Morgan fingerprint density at radius 2 is 1.71 bits per heavy atom. The molecule has 0 saturated carbocycles. The molecule has 3 heterocycles. The van der Waals surface area contributed by atoms with Gasteiger partial charge in [-0.3, -0.25) is 20.4 Å². The number of benzene rings is 2. The van der Waals surface area contributed by atoms with Gasteiger partial charge in [0.15, 0.2) is 11.3 Å². The van der Waals surface area contributed by atoms with E-state index in [1.807, 2.05) is 59.5 Å². The third-order valence-electron chi connectivity index (χ3n) is 5.73. The number of furan rings is 1. The lowest BCUT2D eigenvalue weighted by atomic mass is 9.96. The molecule has 34 heavy (non-hydrogen) atoms. The maximum absolute atomic E-state index is 12.5. The van der Waals surface area contributed by atoms with Crippen LogP contribution in [0.25, 0.3) is 11.1 Å². The van der Waals surface area contributed by atoms with Gasteiger partial charge in [0.05, 0.1) is 0 Å². The molecule has 2 aromatic carbocycles. The van der Waals surface area contributed by atoms with Gasteiger partial charge < -0.3 is 18.5 Å². The molecule has 0 radical (unpaired) electrons. The lowest BCUT2D eigenvalue weighted by Gasteiger charge is -2.30. The number of amides is 2. The second kappa shape index (κ2) is 9.70. The van der Waals surface area contributed by atoms with Crippen molar-refractivity contribution < 1.29 is 23.2 Å². The number of carbonyl (C=O) groups is 2. The number of carbonyl (C=O) groups excluding carboxylic acids is 2. The highest BCUT2D eigenvalue weighted by Crippen LogP contribution is 2.26. The summed E-state index contributed by atoms with van der Waals surface area (Å²) in [5, 5.41) is 0. The van der Waals surface area contributed by atoms with Crippen LogP contribution in [0.1, 0.15) is 29.2 Å². The van der Waals surface area contributed by atoms with Crippen LogP contribution < -0.4 is 20.5 Å². The number of fused-ring (bicyclic) bond motifs is 1. The minimum Gasteiger partial charge on any atom is -0.486 e. The first kappa shape index (κ1) is 21.6. The number of piperidine rings is 1. The summed E-state index contributed by atoms with van der Waals surface area (Å²) < 4.78 is 16.9. The first-order valence-corrected chi connectivity index (χ1v) is 11.1. The normalized spacial score (nSPS) is 14.2. The van der Waals surface area contributed by atoms with Gasteiger partial charge in [0.25, 0.3) is 6.01 Å². The first-order valence-electron chi connectivity index (χ1n) is 11.1. The molecule has 1 fully saturated rings. The molecule has 5 rings (SSSR count). The summed E-state index contributed by atoms with van der Waals surface area (Å²) in [6.07, 6.45) is 1.25. The maximum Gasteiger partial charge on any atom is 0.305 e. The summed E-state index contributed by atoms with van der Waals surface area (Å²) in [5.74, 6) is 0.337. The number of hydrogen-bond acceptors (Lipinski definition) is 7. The van der Waals surface area contributed by atoms with Crippen LogP contribution in [0.5, 0.6) is 5.75 Å². The zero-order valence-corrected chi connectivity index (χ0v) is 18.4. The van der Waals surface area contributed by atoms with E-state index in [4.69, 9.17) is 13.6 Å². The zero-order valence-electron chi connectivity index (χ0n) is 18.4. The summed E-state index contributed by atoms with van der Waals surface area (Å²) >= 11 is 0. The number of nitrogens with zero attached hydrogens (tertiary/aromatic N) is 2. The third-order valence-corrected chi connectivity index (χ3v) is 5.73. The van der Waals surface area contributed by atoms with Gasteiger partial charge in [-0.1, -0.05) is 30.3 Å². The lowest BCUT2D eigenvalue weighted by molar-refractivity contribution is -0.126. The van der Waals surface area contributed by atoms with Gasteiger partial charge in [-0.2, -0.15) is 4.98 Å². The van der Waals surface area contributed by atoms with Gasteiger partial charge in [-0.05, 0) is 49.2 Å². The molecular formula is C25H24N4O5. The van der Waals surface area contributed by atoms with Crippen molar-refractivity contribution in [3.63, 3.8) is 0 Å². The monoisotopic (exact) mass is 460 g/mol. The molecular weight excluding hydrogens is 436 g/mol. The number of para-hydroxylation sites is 3. The molecule has 174 valence electrons. The van der Waals surface area contributed by atoms with Crippen LogP contribution in [0.2, 0.25) is 0 Å². The Morgan fingerprint density at radius 1 is 0.941 bits per heavy atom. The lowest BCUT2D eigenvalue weighted by Crippen LogP contribution is -2.47. The highest BCUT2D eigenvalue weighted by atomic mass is 16.5. The van der Waals surface area contributed by atoms with E-state index in [2.05, 4.69) is 15.8 Å². The van der Waals surface area contributed by atoms with E-state index in [9.17, 15) is 9.59 Å². The number of anilines is 1. The number of aromatic nitrogens is 1. The Hall–Kier alpha value is -4.27. The molecule has 2 amide bonds. The molecule has 2 N–H and O–H groups in total. The van der Waals surface area contributed by atoms with Crippen molar-refractivity contribution in [3.05, 3.63) is 78.3 Å². The Balaban J connectivity index is 1.07. The number of hydrogen-bond donors (Lipinski definition) is 2. The maximum atomic E-state index is 12.5. The molecule has 0 aliphatic carbocycles. The van der Waals surface area contributed by atoms with Crippen LogP contribution in [-0.2, 0) is 11.4 Å². The summed E-state index contributed by atoms with van der Waals surface area (Å²) in [5.41, 5.74) is 6.49. The molecule has 0 unspecified atom stereocenters. The highest BCUT2D eigenvalue weighted by molar-refractivity contribution is 5.93. The van der Waals surface area contributed by atoms with Crippen LogP contribution in [0.3, 0.4) is 0 Å². The molecule has 9 heteroatoms. The predicted octanol–water partition coefficient (Wildman–Crippen LogP) is 3.68. The summed E-state index contributed by atoms with van der Waals surface area (Å²) in [6.45, 7) is 1.48. The van der Waals surface area contributed by atoms with Crippen LogP contribution in [0.4, 0.5) is 6.01 Å². The van der Waals surface area contributed by atoms with E-state index in [1.54, 1.807) is 12.1 Å². The fourth-order valence-corrected chi connectivity index (χ4v) is 3.86. The Kier molecular flexibility index (Phi) is 6.15. The average Bonchev–Trinajstić information content (AvgIpc) is 3.54. The number of nitrogens with one attached hydrogen (secondary N) is 2. The van der Waals surface area contributed by atoms with Crippen molar-refractivity contribution in [1.82, 2.24) is 15.8 Å². The van der Waals surface area contributed by atoms with Crippen LogP contribution in [0.15, 0.2) is 75.6 Å². The van der Waals surface area contributed by atoms with Gasteiger partial charge in [0.1, 0.15) is 23.6 Å². The molecule has 0 spiro atoms. The van der Waals surface area contributed by atoms with Crippen molar-refractivity contribution in [1.29, 1.82) is 0 Å². The molecule has 4 aromatic rings. The van der Waals surface area contributed by atoms with E-state index < -0.39 is 5.91 Å². The molecule has 1 aliphatic rings. The Morgan fingerprint density at radius 3 is 2.50 bits per heavy atom. The quantitative estimate of drug-likeness (QED) is 0.423. The van der Waals surface area contributed by atoms with Crippen molar-refractivity contribution in [3.8, 4) is 5.75 Å². The fourth-order valence-electron chi connectivity index (χ4n) is 3.86. The molecule has 1 aliphatic heterocycles. The smallest absolute Gasteiger partial charge is 0.305 e. The Labute approximate surface area is 195 Å². The van der Waals surface area contributed by atoms with Crippen LogP contribution in [-0.4, -0.2) is 29.9 Å². The number of hydrazine groups is 1. The van der Waals surface area contributed by atoms with Gasteiger partial charge in [0.2, 0.25) is 5.91 Å². The molecule has 2 aromatic heterocycles. The van der Waals surface area contributed by atoms with Gasteiger partial charge in [0, 0.05) is 19.0 Å². The molecule has 0 atom stereocenters. The fraction of sp³-hybridized carbons (Fsp3) is 0.240. The first-order chi connectivity index (χ1) is 16.7. The van der Waals surface area contributed by atoms with E-state index >= 15 is 0 Å². The van der Waals surface area contributed by atoms with Gasteiger partial charge in [-0.15, -0.1) is 0 Å². The van der Waals surface area contributed by atoms with Crippen molar-refractivity contribution >= 4 is 28.9 Å². The molecule has 1 saturated heterocycles. The van der Waals surface area contributed by atoms with Crippen LogP contribution >= 0.6 is 0 Å². The summed E-state index contributed by atoms with van der Waals surface area (Å²) in [4.78, 5) is 31.4. The predicted molar refractivity (Wildman–Crippen MR) is 124 cm³/mol. The molecule has 0 bridgehead atoms. The van der Waals surface area contributed by atoms with E-state index in [-0.39, 0.29) is 24.2 Å². The summed E-state index contributed by atoms with van der Waals surface area (Å²) in [7, 11) is 0.